The molecule has 1 aromatic rings. The fourth-order valence-electron chi connectivity index (χ4n) is 0.854. The molecule has 0 aliphatic heterocycles. The van der Waals surface area contributed by atoms with E-state index in [1.165, 1.54) is 6.07 Å². The Morgan fingerprint density at radius 1 is 1.47 bits per heavy atom. The van der Waals surface area contributed by atoms with Crippen LogP contribution in [0.3, 0.4) is 0 Å². The van der Waals surface area contributed by atoms with Gasteiger partial charge in [0.2, 0.25) is 5.91 Å². The van der Waals surface area contributed by atoms with Gasteiger partial charge in [-0.15, -0.1) is 11.8 Å². The van der Waals surface area contributed by atoms with E-state index in [9.17, 15) is 13.6 Å². The van der Waals surface area contributed by atoms with Crippen molar-refractivity contribution in [3.05, 3.63) is 29.8 Å². The van der Waals surface area contributed by atoms with E-state index in [-0.39, 0.29) is 10.6 Å². The standard InChI is InChI=1S/C9H10F2N2OS/c10-5-1-2-8(6(11)3-5)15-4-7(12)9(13)14/h1-3,7H,4,12H2,(H2,13,14). The summed E-state index contributed by atoms with van der Waals surface area (Å²) in [4.78, 5) is 10.8. The fraction of sp³-hybridized carbons (Fsp3) is 0.222. The number of thioether (sulfide) groups is 1. The summed E-state index contributed by atoms with van der Waals surface area (Å²) in [6.07, 6.45) is 0. The predicted molar refractivity (Wildman–Crippen MR) is 54.3 cm³/mol. The molecule has 0 aliphatic rings. The molecule has 0 fully saturated rings. The van der Waals surface area contributed by atoms with Crippen LogP contribution in [0.1, 0.15) is 0 Å². The van der Waals surface area contributed by atoms with Gasteiger partial charge < -0.3 is 11.5 Å². The Kier molecular flexibility index (Phi) is 4.05. The minimum atomic E-state index is -0.834. The summed E-state index contributed by atoms with van der Waals surface area (Å²) >= 11 is 1.02. The molecule has 6 heteroatoms. The molecule has 82 valence electrons. The van der Waals surface area contributed by atoms with E-state index in [0.717, 1.165) is 23.9 Å². The predicted octanol–water partition coefficient (Wildman–Crippen LogP) is 0.869. The molecule has 0 heterocycles. The van der Waals surface area contributed by atoms with Gasteiger partial charge in [-0.3, -0.25) is 4.79 Å². The van der Waals surface area contributed by atoms with E-state index in [1.54, 1.807) is 0 Å². The number of nitrogens with two attached hydrogens (primary N) is 2. The third kappa shape index (κ3) is 3.49. The largest absolute Gasteiger partial charge is 0.368 e. The molecule has 0 saturated carbocycles. The van der Waals surface area contributed by atoms with Gasteiger partial charge in [0.25, 0.3) is 0 Å². The highest BCUT2D eigenvalue weighted by atomic mass is 32.2. The smallest absolute Gasteiger partial charge is 0.235 e. The molecule has 0 bridgehead atoms. The minimum Gasteiger partial charge on any atom is -0.368 e. The van der Waals surface area contributed by atoms with Crippen LogP contribution < -0.4 is 11.5 Å². The number of rotatable bonds is 4. The Balaban J connectivity index is 2.62. The molecule has 3 nitrogen and oxygen atoms in total. The molecule has 1 atom stereocenters. The van der Waals surface area contributed by atoms with Crippen LogP contribution >= 0.6 is 11.8 Å². The van der Waals surface area contributed by atoms with E-state index in [1.807, 2.05) is 0 Å². The van der Waals surface area contributed by atoms with E-state index in [4.69, 9.17) is 11.5 Å². The quantitative estimate of drug-likeness (QED) is 0.757. The molecular formula is C9H10F2N2OS. The van der Waals surface area contributed by atoms with Crippen molar-refractivity contribution in [3.63, 3.8) is 0 Å². The number of amides is 1. The van der Waals surface area contributed by atoms with Crippen molar-refractivity contribution in [2.45, 2.75) is 10.9 Å². The van der Waals surface area contributed by atoms with Gasteiger partial charge >= 0.3 is 0 Å². The van der Waals surface area contributed by atoms with Crippen molar-refractivity contribution >= 4 is 17.7 Å². The molecule has 0 aromatic heterocycles. The first-order valence-electron chi connectivity index (χ1n) is 4.13. The first kappa shape index (κ1) is 11.9. The summed E-state index contributed by atoms with van der Waals surface area (Å²) in [5.74, 6) is -1.80. The summed E-state index contributed by atoms with van der Waals surface area (Å²) in [6, 6.07) is 2.38. The number of primary amides is 1. The first-order chi connectivity index (χ1) is 7.00. The van der Waals surface area contributed by atoms with E-state index in [0.29, 0.717) is 0 Å². The number of benzene rings is 1. The molecule has 1 amide bonds. The number of carbonyl (C=O) groups is 1. The Morgan fingerprint density at radius 2 is 2.13 bits per heavy atom. The molecule has 0 spiro atoms. The maximum atomic E-state index is 13.1. The van der Waals surface area contributed by atoms with Crippen molar-refractivity contribution in [2.75, 3.05) is 5.75 Å². The van der Waals surface area contributed by atoms with Crippen LogP contribution in [0.15, 0.2) is 23.1 Å². The second-order valence-electron chi connectivity index (χ2n) is 2.89. The third-order valence-corrected chi connectivity index (χ3v) is 2.85. The number of hydrogen-bond acceptors (Lipinski definition) is 3. The lowest BCUT2D eigenvalue weighted by Gasteiger charge is -2.07. The minimum absolute atomic E-state index is 0.165. The summed E-state index contributed by atoms with van der Waals surface area (Å²) in [5, 5.41) is 0. The summed E-state index contributed by atoms with van der Waals surface area (Å²) < 4.78 is 25.6. The topological polar surface area (TPSA) is 69.1 Å². The van der Waals surface area contributed by atoms with E-state index in [2.05, 4.69) is 0 Å². The van der Waals surface area contributed by atoms with Gasteiger partial charge in [-0.05, 0) is 12.1 Å². The zero-order valence-electron chi connectivity index (χ0n) is 7.74. The maximum absolute atomic E-state index is 13.1. The SMILES string of the molecule is NC(=O)C(N)CSc1ccc(F)cc1F. The lowest BCUT2D eigenvalue weighted by molar-refractivity contribution is -0.118. The van der Waals surface area contributed by atoms with Crippen molar-refractivity contribution < 1.29 is 13.6 Å². The van der Waals surface area contributed by atoms with Crippen molar-refractivity contribution in [1.29, 1.82) is 0 Å². The fourth-order valence-corrected chi connectivity index (χ4v) is 1.74. The van der Waals surface area contributed by atoms with Crippen molar-refractivity contribution in [2.24, 2.45) is 11.5 Å². The molecule has 1 unspecified atom stereocenters. The first-order valence-corrected chi connectivity index (χ1v) is 5.12. The zero-order chi connectivity index (χ0) is 11.4. The van der Waals surface area contributed by atoms with Crippen molar-refractivity contribution in [1.82, 2.24) is 0 Å². The molecule has 1 aromatic carbocycles. The normalized spacial score (nSPS) is 12.5. The average Bonchev–Trinajstić information content (AvgIpc) is 2.15. The Labute approximate surface area is 89.8 Å². The Morgan fingerprint density at radius 3 is 2.67 bits per heavy atom. The highest BCUT2D eigenvalue weighted by Gasteiger charge is 2.11. The van der Waals surface area contributed by atoms with Crippen LogP contribution in [0.5, 0.6) is 0 Å². The van der Waals surface area contributed by atoms with Gasteiger partial charge in [0.15, 0.2) is 0 Å². The molecule has 15 heavy (non-hydrogen) atoms. The van der Waals surface area contributed by atoms with Gasteiger partial charge in [0.1, 0.15) is 11.6 Å². The molecule has 0 aliphatic carbocycles. The average molecular weight is 232 g/mol. The van der Waals surface area contributed by atoms with Crippen LogP contribution in [0.25, 0.3) is 0 Å². The Hall–Kier alpha value is -1.14. The van der Waals surface area contributed by atoms with Gasteiger partial charge in [-0.25, -0.2) is 8.78 Å². The lowest BCUT2D eigenvalue weighted by atomic mass is 10.3. The monoisotopic (exact) mass is 232 g/mol. The van der Waals surface area contributed by atoms with Crippen LogP contribution in [-0.2, 0) is 4.79 Å². The highest BCUT2D eigenvalue weighted by Crippen LogP contribution is 2.22. The van der Waals surface area contributed by atoms with Gasteiger partial charge in [-0.1, -0.05) is 0 Å². The molecule has 0 radical (unpaired) electrons. The van der Waals surface area contributed by atoms with Crippen LogP contribution in [-0.4, -0.2) is 17.7 Å². The molecule has 1 rings (SSSR count). The summed E-state index contributed by atoms with van der Waals surface area (Å²) in [7, 11) is 0. The van der Waals surface area contributed by atoms with Crippen LogP contribution in [0.2, 0.25) is 0 Å². The maximum Gasteiger partial charge on any atom is 0.235 e. The highest BCUT2D eigenvalue weighted by molar-refractivity contribution is 7.99. The lowest BCUT2D eigenvalue weighted by Crippen LogP contribution is -2.38. The second-order valence-corrected chi connectivity index (χ2v) is 3.96. The zero-order valence-corrected chi connectivity index (χ0v) is 8.56. The molecule has 4 N–H and O–H groups in total. The summed E-state index contributed by atoms with van der Waals surface area (Å²) in [5.41, 5.74) is 10.3. The number of hydrogen-bond donors (Lipinski definition) is 2. The van der Waals surface area contributed by atoms with Crippen LogP contribution in [0.4, 0.5) is 8.78 Å². The second kappa shape index (κ2) is 5.09. The molecule has 0 saturated heterocycles. The van der Waals surface area contributed by atoms with Crippen LogP contribution in [0, 0.1) is 11.6 Å². The molecular weight excluding hydrogens is 222 g/mol. The van der Waals surface area contributed by atoms with Gasteiger partial charge in [0, 0.05) is 16.7 Å². The third-order valence-electron chi connectivity index (χ3n) is 1.68. The number of halogens is 2. The van der Waals surface area contributed by atoms with E-state index < -0.39 is 23.6 Å². The Bertz CT molecular complexity index is 373. The van der Waals surface area contributed by atoms with E-state index >= 15 is 0 Å². The van der Waals surface area contributed by atoms with Gasteiger partial charge in [0.05, 0.1) is 6.04 Å². The van der Waals surface area contributed by atoms with Gasteiger partial charge in [-0.2, -0.15) is 0 Å². The number of carbonyl (C=O) groups excluding carboxylic acids is 1. The van der Waals surface area contributed by atoms with Crippen molar-refractivity contribution in [3.8, 4) is 0 Å². The summed E-state index contributed by atoms with van der Waals surface area (Å²) in [6.45, 7) is 0.